The molecule has 0 saturated heterocycles. The molecule has 1 aliphatic carbocycles. The molecule has 36 heavy (non-hydrogen) atoms. The molecule has 6 nitrogen and oxygen atoms in total. The second-order valence-corrected chi connectivity index (χ2v) is 8.88. The SMILES string of the molecule is O=C(O)C[C@@H](CCc1ccccc1)Nc1ncnc(N(Cc2ccc(C(F)(F)F)cc2)C2CC2)c1F. The van der Waals surface area contributed by atoms with Crippen molar-refractivity contribution in [3.8, 4) is 0 Å². The number of carboxylic acid groups (broad SMARTS) is 1. The smallest absolute Gasteiger partial charge is 0.416 e. The van der Waals surface area contributed by atoms with Crippen molar-refractivity contribution in [2.24, 2.45) is 0 Å². The third-order valence-electron chi connectivity index (χ3n) is 6.05. The lowest BCUT2D eigenvalue weighted by Crippen LogP contribution is -2.29. The maximum atomic E-state index is 15.6. The molecule has 1 atom stereocenters. The molecule has 0 radical (unpaired) electrons. The zero-order valence-corrected chi connectivity index (χ0v) is 19.4. The monoisotopic (exact) mass is 502 g/mol. The van der Waals surface area contributed by atoms with Gasteiger partial charge in [0.2, 0.25) is 5.82 Å². The second-order valence-electron chi connectivity index (χ2n) is 8.88. The molecule has 0 bridgehead atoms. The number of rotatable bonds is 11. The Kier molecular flexibility index (Phi) is 7.71. The van der Waals surface area contributed by atoms with Crippen molar-refractivity contribution in [3.05, 3.63) is 83.4 Å². The number of carboxylic acids is 1. The number of nitrogens with zero attached hydrogens (tertiary/aromatic N) is 3. The Morgan fingerprint density at radius 2 is 1.75 bits per heavy atom. The van der Waals surface area contributed by atoms with Crippen molar-refractivity contribution in [1.29, 1.82) is 0 Å². The predicted octanol–water partition coefficient (Wildman–Crippen LogP) is 5.69. The number of hydrogen-bond acceptors (Lipinski definition) is 5. The first-order valence-corrected chi connectivity index (χ1v) is 11.7. The fraction of sp³-hybridized carbons (Fsp3) is 0.346. The van der Waals surface area contributed by atoms with Gasteiger partial charge in [-0.25, -0.2) is 9.97 Å². The molecular formula is C26H26F4N4O2. The lowest BCUT2D eigenvalue weighted by molar-refractivity contribution is -0.138. The van der Waals surface area contributed by atoms with Crippen LogP contribution in [0.3, 0.4) is 0 Å². The minimum absolute atomic E-state index is 0.0115. The Balaban J connectivity index is 1.51. The molecule has 2 N–H and O–H groups in total. The fourth-order valence-electron chi connectivity index (χ4n) is 4.04. The second kappa shape index (κ2) is 10.9. The number of anilines is 2. The van der Waals surface area contributed by atoms with E-state index in [1.54, 1.807) is 4.90 Å². The van der Waals surface area contributed by atoms with Gasteiger partial charge in [0.05, 0.1) is 12.0 Å². The summed E-state index contributed by atoms with van der Waals surface area (Å²) in [6.07, 6.45) is -0.764. The van der Waals surface area contributed by atoms with Gasteiger partial charge in [-0.3, -0.25) is 4.79 Å². The van der Waals surface area contributed by atoms with E-state index in [1.807, 2.05) is 30.3 Å². The highest BCUT2D eigenvalue weighted by Crippen LogP contribution is 2.35. The van der Waals surface area contributed by atoms with E-state index in [-0.39, 0.29) is 30.6 Å². The van der Waals surface area contributed by atoms with E-state index < -0.39 is 29.6 Å². The summed E-state index contributed by atoms with van der Waals surface area (Å²) in [5.41, 5.74) is 0.882. The predicted molar refractivity (Wildman–Crippen MR) is 127 cm³/mol. The topological polar surface area (TPSA) is 78.3 Å². The van der Waals surface area contributed by atoms with Gasteiger partial charge in [0.15, 0.2) is 11.6 Å². The number of nitrogens with one attached hydrogen (secondary N) is 1. The van der Waals surface area contributed by atoms with Crippen molar-refractivity contribution in [1.82, 2.24) is 9.97 Å². The Labute approximate surface area is 206 Å². The minimum Gasteiger partial charge on any atom is -0.481 e. The normalized spacial score (nSPS) is 14.3. The van der Waals surface area contributed by atoms with Crippen molar-refractivity contribution in [2.75, 3.05) is 10.2 Å². The summed E-state index contributed by atoms with van der Waals surface area (Å²) < 4.78 is 54.3. The number of hydrogen-bond donors (Lipinski definition) is 2. The number of carbonyl (C=O) groups is 1. The lowest BCUT2D eigenvalue weighted by Gasteiger charge is -2.25. The van der Waals surface area contributed by atoms with Crippen LogP contribution in [0.2, 0.25) is 0 Å². The first-order valence-electron chi connectivity index (χ1n) is 11.7. The zero-order valence-electron chi connectivity index (χ0n) is 19.4. The van der Waals surface area contributed by atoms with Crippen LogP contribution in [0.25, 0.3) is 0 Å². The quantitative estimate of drug-likeness (QED) is 0.328. The van der Waals surface area contributed by atoms with Crippen LogP contribution in [0.4, 0.5) is 29.2 Å². The number of aryl methyl sites for hydroxylation is 1. The molecule has 1 aliphatic rings. The van der Waals surface area contributed by atoms with E-state index in [4.69, 9.17) is 0 Å². The van der Waals surface area contributed by atoms with Gasteiger partial charge in [0.25, 0.3) is 0 Å². The van der Waals surface area contributed by atoms with Crippen LogP contribution < -0.4 is 10.2 Å². The summed E-state index contributed by atoms with van der Waals surface area (Å²) in [7, 11) is 0. The standard InChI is InChI=1S/C26H26F4N4O2/c27-23-24(33-20(14-22(35)36)11-8-17-4-2-1-3-5-17)31-16-32-25(23)34(21-12-13-21)15-18-6-9-19(10-7-18)26(28,29)30/h1-7,9-10,16,20-21H,8,11-15H2,(H,35,36)(H,31,32,33)/t20-/m1/s1. The van der Waals surface area contributed by atoms with Gasteiger partial charge < -0.3 is 15.3 Å². The summed E-state index contributed by atoms with van der Waals surface area (Å²) >= 11 is 0. The average molecular weight is 503 g/mol. The number of halogens is 4. The Hall–Kier alpha value is -3.69. The fourth-order valence-corrected chi connectivity index (χ4v) is 4.04. The maximum absolute atomic E-state index is 15.6. The molecule has 4 rings (SSSR count). The Bertz CT molecular complexity index is 1170. The van der Waals surface area contributed by atoms with Gasteiger partial charge in [-0.15, -0.1) is 0 Å². The van der Waals surface area contributed by atoms with Gasteiger partial charge >= 0.3 is 12.1 Å². The van der Waals surface area contributed by atoms with Crippen molar-refractivity contribution in [3.63, 3.8) is 0 Å². The molecule has 0 amide bonds. The van der Waals surface area contributed by atoms with Gasteiger partial charge in [-0.1, -0.05) is 42.5 Å². The summed E-state index contributed by atoms with van der Waals surface area (Å²) in [6.45, 7) is 0.183. The molecule has 1 fully saturated rings. The molecule has 1 aromatic heterocycles. The highest BCUT2D eigenvalue weighted by Gasteiger charge is 2.34. The van der Waals surface area contributed by atoms with Crippen LogP contribution in [-0.4, -0.2) is 33.1 Å². The highest BCUT2D eigenvalue weighted by molar-refractivity contribution is 5.68. The zero-order chi connectivity index (χ0) is 25.7. The van der Waals surface area contributed by atoms with Crippen LogP contribution in [0.5, 0.6) is 0 Å². The molecule has 190 valence electrons. The van der Waals surface area contributed by atoms with Gasteiger partial charge in [-0.2, -0.15) is 17.6 Å². The van der Waals surface area contributed by atoms with E-state index in [0.717, 1.165) is 30.5 Å². The maximum Gasteiger partial charge on any atom is 0.416 e. The molecule has 0 aliphatic heterocycles. The molecule has 0 spiro atoms. The molecule has 1 heterocycles. The number of aromatic nitrogens is 2. The summed E-state index contributed by atoms with van der Waals surface area (Å²) in [6, 6.07) is 13.8. The highest BCUT2D eigenvalue weighted by atomic mass is 19.4. The van der Waals surface area contributed by atoms with E-state index in [9.17, 15) is 23.1 Å². The Morgan fingerprint density at radius 3 is 2.36 bits per heavy atom. The van der Waals surface area contributed by atoms with E-state index in [2.05, 4.69) is 15.3 Å². The van der Waals surface area contributed by atoms with E-state index >= 15 is 4.39 Å². The first-order chi connectivity index (χ1) is 17.2. The van der Waals surface area contributed by atoms with Crippen LogP contribution in [0.1, 0.15) is 42.4 Å². The number of alkyl halides is 3. The summed E-state index contributed by atoms with van der Waals surface area (Å²) in [4.78, 5) is 21.3. The first kappa shape index (κ1) is 25.4. The van der Waals surface area contributed by atoms with Gasteiger partial charge in [0.1, 0.15) is 6.33 Å². The van der Waals surface area contributed by atoms with Crippen molar-refractivity contribution < 1.29 is 27.5 Å². The largest absolute Gasteiger partial charge is 0.481 e. The third-order valence-corrected chi connectivity index (χ3v) is 6.05. The summed E-state index contributed by atoms with van der Waals surface area (Å²) in [5, 5.41) is 12.3. The van der Waals surface area contributed by atoms with E-state index in [1.165, 1.54) is 18.5 Å². The van der Waals surface area contributed by atoms with Crippen LogP contribution in [0, 0.1) is 5.82 Å². The molecule has 0 unspecified atom stereocenters. The molecule has 10 heteroatoms. The van der Waals surface area contributed by atoms with Crippen LogP contribution >= 0.6 is 0 Å². The van der Waals surface area contributed by atoms with Gasteiger partial charge in [-0.05, 0) is 48.9 Å². The average Bonchev–Trinajstić information content (AvgIpc) is 3.68. The van der Waals surface area contributed by atoms with E-state index in [0.29, 0.717) is 18.4 Å². The van der Waals surface area contributed by atoms with Crippen molar-refractivity contribution in [2.45, 2.75) is 56.9 Å². The van der Waals surface area contributed by atoms with Crippen molar-refractivity contribution >= 4 is 17.6 Å². The number of aliphatic carboxylic acids is 1. The molecular weight excluding hydrogens is 476 g/mol. The lowest BCUT2D eigenvalue weighted by atomic mass is 10.0. The van der Waals surface area contributed by atoms with Gasteiger partial charge in [0, 0.05) is 18.6 Å². The summed E-state index contributed by atoms with van der Waals surface area (Å²) in [5.74, 6) is -1.80. The Morgan fingerprint density at radius 1 is 1.06 bits per heavy atom. The van der Waals surface area contributed by atoms with Crippen LogP contribution in [-0.2, 0) is 23.9 Å². The molecule has 3 aromatic rings. The number of benzene rings is 2. The molecule has 2 aromatic carbocycles. The van der Waals surface area contributed by atoms with Crippen LogP contribution in [0.15, 0.2) is 60.9 Å². The molecule has 1 saturated carbocycles. The minimum atomic E-state index is -4.43. The third kappa shape index (κ3) is 6.71.